The number of pyridine rings is 1. The number of rotatable bonds is 3. The third-order valence-electron chi connectivity index (χ3n) is 3.02. The van der Waals surface area contributed by atoms with Gasteiger partial charge >= 0.3 is 0 Å². The molecule has 1 aromatic carbocycles. The van der Waals surface area contributed by atoms with Crippen molar-refractivity contribution in [1.82, 2.24) is 4.98 Å². The number of hydrogen-bond donors (Lipinski definition) is 0. The fourth-order valence-electron chi connectivity index (χ4n) is 1.69. The van der Waals surface area contributed by atoms with Crippen molar-refractivity contribution in [3.8, 4) is 5.88 Å². The second-order valence-electron chi connectivity index (χ2n) is 4.37. The Bertz CT molecular complexity index is 681. The Kier molecular flexibility index (Phi) is 3.71. The van der Waals surface area contributed by atoms with Crippen molar-refractivity contribution in [3.05, 3.63) is 33.1 Å². The van der Waals surface area contributed by atoms with Crippen LogP contribution >= 0.6 is 15.9 Å². The highest BCUT2D eigenvalue weighted by Gasteiger charge is 2.07. The van der Waals surface area contributed by atoms with Crippen LogP contribution in [-0.2, 0) is 0 Å². The number of ether oxygens (including phenoxy) is 1. The summed E-state index contributed by atoms with van der Waals surface area (Å²) in [6.07, 6.45) is 1.06. The van der Waals surface area contributed by atoms with Gasteiger partial charge in [-0.1, -0.05) is 42.1 Å². The van der Waals surface area contributed by atoms with Crippen molar-refractivity contribution in [1.29, 1.82) is 0 Å². The van der Waals surface area contributed by atoms with Crippen LogP contribution in [0.1, 0.15) is 20.3 Å². The lowest BCUT2D eigenvalue weighted by atomic mass is 10.1. The molecule has 3 heteroatoms. The molecule has 0 N–H and O–H groups in total. The molecule has 0 aliphatic heterocycles. The molecule has 2 nitrogen and oxygen atoms in total. The first-order chi connectivity index (χ1) is 8.52. The molecule has 0 aliphatic carbocycles. The van der Waals surface area contributed by atoms with Crippen LogP contribution in [0.4, 0.5) is 0 Å². The molecule has 0 radical (unpaired) electrons. The molecule has 2 rings (SSSR count). The monoisotopic (exact) mass is 305 g/mol. The van der Waals surface area contributed by atoms with Gasteiger partial charge in [0.1, 0.15) is 0 Å². The van der Waals surface area contributed by atoms with Gasteiger partial charge in [0.25, 0.3) is 0 Å². The summed E-state index contributed by atoms with van der Waals surface area (Å²) < 4.78 is 6.79. The van der Waals surface area contributed by atoms with E-state index in [0.717, 1.165) is 32.2 Å². The SMILES string of the molecule is C=c1c(OC(C)CC)nc2cc(Br)ccc2c1=C. The van der Waals surface area contributed by atoms with E-state index < -0.39 is 0 Å². The van der Waals surface area contributed by atoms with E-state index in [1.807, 2.05) is 25.1 Å². The van der Waals surface area contributed by atoms with Gasteiger partial charge in [0.2, 0.25) is 5.88 Å². The van der Waals surface area contributed by atoms with Crippen LogP contribution in [0.5, 0.6) is 5.88 Å². The number of hydrogen-bond acceptors (Lipinski definition) is 2. The summed E-state index contributed by atoms with van der Waals surface area (Å²) in [5.41, 5.74) is 0.875. The molecular weight excluding hydrogens is 290 g/mol. The molecule has 0 fully saturated rings. The van der Waals surface area contributed by atoms with Crippen LogP contribution in [-0.4, -0.2) is 11.1 Å². The maximum absolute atomic E-state index is 5.79. The second-order valence-corrected chi connectivity index (χ2v) is 5.29. The maximum Gasteiger partial charge on any atom is 0.221 e. The highest BCUT2D eigenvalue weighted by atomic mass is 79.9. The summed E-state index contributed by atoms with van der Waals surface area (Å²) in [6, 6.07) is 5.94. The minimum absolute atomic E-state index is 0.127. The fourth-order valence-corrected chi connectivity index (χ4v) is 2.04. The van der Waals surface area contributed by atoms with E-state index in [1.165, 1.54) is 0 Å². The van der Waals surface area contributed by atoms with Crippen LogP contribution in [0.15, 0.2) is 22.7 Å². The van der Waals surface area contributed by atoms with E-state index in [1.54, 1.807) is 0 Å². The molecule has 0 aliphatic rings. The van der Waals surface area contributed by atoms with Crippen LogP contribution < -0.4 is 15.2 Å². The average Bonchev–Trinajstić information content (AvgIpc) is 2.35. The quantitative estimate of drug-likeness (QED) is 0.870. The van der Waals surface area contributed by atoms with Crippen LogP contribution in [0.2, 0.25) is 0 Å². The molecule has 0 bridgehead atoms. The predicted molar refractivity (Wildman–Crippen MR) is 80.1 cm³/mol. The lowest BCUT2D eigenvalue weighted by Gasteiger charge is -2.13. The molecule has 94 valence electrons. The molecule has 1 heterocycles. The Hall–Kier alpha value is -1.35. The smallest absolute Gasteiger partial charge is 0.221 e. The first kappa shape index (κ1) is 13.1. The number of halogens is 1. The van der Waals surface area contributed by atoms with Gasteiger partial charge in [0.05, 0.1) is 11.6 Å². The van der Waals surface area contributed by atoms with Crippen molar-refractivity contribution in [2.75, 3.05) is 0 Å². The lowest BCUT2D eigenvalue weighted by molar-refractivity contribution is 0.207. The minimum Gasteiger partial charge on any atom is -0.474 e. The summed E-state index contributed by atoms with van der Waals surface area (Å²) in [5.74, 6) is 0.583. The van der Waals surface area contributed by atoms with E-state index in [2.05, 4.69) is 41.0 Å². The Balaban J connectivity index is 2.65. The van der Waals surface area contributed by atoms with Crippen molar-refractivity contribution >= 4 is 40.0 Å². The van der Waals surface area contributed by atoms with Gasteiger partial charge in [-0.15, -0.1) is 0 Å². The summed E-state index contributed by atoms with van der Waals surface area (Å²) in [5, 5.41) is 2.66. The molecule has 0 amide bonds. The van der Waals surface area contributed by atoms with Gasteiger partial charge < -0.3 is 4.74 Å². The van der Waals surface area contributed by atoms with Gasteiger partial charge in [-0.2, -0.15) is 0 Å². The summed E-state index contributed by atoms with van der Waals surface area (Å²) in [7, 11) is 0. The second kappa shape index (κ2) is 5.11. The Morgan fingerprint density at radius 3 is 2.72 bits per heavy atom. The number of benzene rings is 1. The van der Waals surface area contributed by atoms with Crippen molar-refractivity contribution < 1.29 is 4.74 Å². The average molecular weight is 306 g/mol. The van der Waals surface area contributed by atoms with Gasteiger partial charge in [0.15, 0.2) is 0 Å². The topological polar surface area (TPSA) is 22.1 Å². The van der Waals surface area contributed by atoms with Crippen molar-refractivity contribution in [3.63, 3.8) is 0 Å². The Morgan fingerprint density at radius 2 is 2.06 bits per heavy atom. The zero-order chi connectivity index (χ0) is 13.3. The number of aromatic nitrogens is 1. The minimum atomic E-state index is 0.127. The van der Waals surface area contributed by atoms with Crippen LogP contribution in [0.25, 0.3) is 24.1 Å². The third kappa shape index (κ3) is 2.41. The van der Waals surface area contributed by atoms with Gasteiger partial charge in [-0.3, -0.25) is 0 Å². The molecule has 0 spiro atoms. The number of nitrogens with zero attached hydrogens (tertiary/aromatic N) is 1. The highest BCUT2D eigenvalue weighted by molar-refractivity contribution is 9.10. The van der Waals surface area contributed by atoms with Gasteiger partial charge in [0, 0.05) is 15.1 Å². The predicted octanol–water partition coefficient (Wildman–Crippen LogP) is 3.00. The first-order valence-corrected chi connectivity index (χ1v) is 6.76. The molecule has 2 aromatic rings. The maximum atomic E-state index is 5.79. The van der Waals surface area contributed by atoms with Crippen molar-refractivity contribution in [2.24, 2.45) is 0 Å². The van der Waals surface area contributed by atoms with Crippen LogP contribution in [0, 0.1) is 0 Å². The normalized spacial score (nSPS) is 12.6. The van der Waals surface area contributed by atoms with Crippen molar-refractivity contribution in [2.45, 2.75) is 26.4 Å². The van der Waals surface area contributed by atoms with Crippen LogP contribution in [0.3, 0.4) is 0 Å². The Labute approximate surface area is 115 Å². The Morgan fingerprint density at radius 1 is 1.33 bits per heavy atom. The number of fused-ring (bicyclic) bond motifs is 1. The summed E-state index contributed by atoms with van der Waals surface area (Å²) in [6.45, 7) is 12.2. The van der Waals surface area contributed by atoms with E-state index in [-0.39, 0.29) is 6.10 Å². The third-order valence-corrected chi connectivity index (χ3v) is 3.51. The zero-order valence-electron chi connectivity index (χ0n) is 10.7. The van der Waals surface area contributed by atoms with E-state index in [0.29, 0.717) is 5.88 Å². The standard InChI is InChI=1S/C15H16BrNO/c1-5-9(2)18-15-11(4)10(3)13-7-6-12(16)8-14(13)17-15/h6-9H,3-5H2,1-2H3. The van der Waals surface area contributed by atoms with E-state index in [9.17, 15) is 0 Å². The van der Waals surface area contributed by atoms with E-state index >= 15 is 0 Å². The molecule has 1 unspecified atom stereocenters. The highest BCUT2D eigenvalue weighted by Crippen LogP contribution is 2.16. The van der Waals surface area contributed by atoms with Gasteiger partial charge in [-0.05, 0) is 30.7 Å². The first-order valence-electron chi connectivity index (χ1n) is 5.96. The molecular formula is C15H16BrNO. The zero-order valence-corrected chi connectivity index (χ0v) is 12.3. The molecule has 18 heavy (non-hydrogen) atoms. The summed E-state index contributed by atoms with van der Waals surface area (Å²) >= 11 is 3.45. The largest absolute Gasteiger partial charge is 0.474 e. The summed E-state index contributed by atoms with van der Waals surface area (Å²) in [4.78, 5) is 4.53. The lowest BCUT2D eigenvalue weighted by Crippen LogP contribution is -2.28. The molecule has 0 saturated heterocycles. The molecule has 1 atom stereocenters. The molecule has 0 saturated carbocycles. The van der Waals surface area contributed by atoms with E-state index in [4.69, 9.17) is 4.74 Å². The fraction of sp³-hybridized carbons (Fsp3) is 0.267. The van der Waals surface area contributed by atoms with Gasteiger partial charge in [-0.25, -0.2) is 4.98 Å². The molecule has 1 aromatic heterocycles.